The van der Waals surface area contributed by atoms with Gasteiger partial charge in [-0.3, -0.25) is 0 Å². The lowest BCUT2D eigenvalue weighted by atomic mass is 9.97. The minimum atomic E-state index is -0.961. The van der Waals surface area contributed by atoms with Crippen molar-refractivity contribution in [2.75, 3.05) is 0 Å². The van der Waals surface area contributed by atoms with Crippen LogP contribution >= 0.6 is 11.6 Å². The Labute approximate surface area is 123 Å². The van der Waals surface area contributed by atoms with Gasteiger partial charge in [0.05, 0.1) is 5.57 Å². The molecule has 102 valence electrons. The summed E-state index contributed by atoms with van der Waals surface area (Å²) in [7, 11) is 0. The molecule has 0 bridgehead atoms. The number of rotatable bonds is 3. The molecule has 0 radical (unpaired) electrons. The second-order valence-electron chi connectivity index (χ2n) is 4.70. The molecule has 2 nitrogen and oxygen atoms in total. The van der Waals surface area contributed by atoms with E-state index in [4.69, 9.17) is 11.6 Å². The molecular weight excluding hydrogens is 272 g/mol. The lowest BCUT2D eigenvalue weighted by Gasteiger charge is -2.08. The van der Waals surface area contributed by atoms with E-state index < -0.39 is 5.97 Å². The van der Waals surface area contributed by atoms with Crippen molar-refractivity contribution in [1.29, 1.82) is 0 Å². The van der Waals surface area contributed by atoms with E-state index in [1.807, 2.05) is 44.2 Å². The van der Waals surface area contributed by atoms with E-state index in [-0.39, 0.29) is 5.57 Å². The Morgan fingerprint density at radius 2 is 1.85 bits per heavy atom. The average molecular weight is 287 g/mol. The Hall–Kier alpha value is -2.06. The summed E-state index contributed by atoms with van der Waals surface area (Å²) >= 11 is 6.09. The number of carbonyl (C=O) groups is 1. The van der Waals surface area contributed by atoms with E-state index in [0.717, 1.165) is 11.1 Å². The van der Waals surface area contributed by atoms with Crippen LogP contribution in [0.25, 0.3) is 11.6 Å². The van der Waals surface area contributed by atoms with Gasteiger partial charge in [0, 0.05) is 5.02 Å². The molecule has 0 saturated carbocycles. The van der Waals surface area contributed by atoms with E-state index in [1.54, 1.807) is 18.2 Å². The molecule has 2 aromatic rings. The average Bonchev–Trinajstić information content (AvgIpc) is 2.38. The van der Waals surface area contributed by atoms with E-state index in [0.29, 0.717) is 16.1 Å². The number of hydrogen-bond donors (Lipinski definition) is 1. The number of halogens is 1. The minimum absolute atomic E-state index is 0.246. The molecule has 0 aliphatic carbocycles. The van der Waals surface area contributed by atoms with Crippen molar-refractivity contribution in [3.8, 4) is 0 Å². The molecular formula is C17H15ClO2. The lowest BCUT2D eigenvalue weighted by Crippen LogP contribution is -2.02. The van der Waals surface area contributed by atoms with E-state index in [9.17, 15) is 9.90 Å². The highest BCUT2D eigenvalue weighted by Gasteiger charge is 2.13. The molecule has 2 rings (SSSR count). The fourth-order valence-corrected chi connectivity index (χ4v) is 2.31. The highest BCUT2D eigenvalue weighted by atomic mass is 35.5. The monoisotopic (exact) mass is 286 g/mol. The van der Waals surface area contributed by atoms with Crippen LogP contribution in [0.2, 0.25) is 5.02 Å². The number of carboxylic acids is 1. The zero-order valence-corrected chi connectivity index (χ0v) is 12.1. The fourth-order valence-electron chi connectivity index (χ4n) is 2.12. The Bertz CT molecular complexity index is 687. The summed E-state index contributed by atoms with van der Waals surface area (Å²) in [6, 6.07) is 12.9. The van der Waals surface area contributed by atoms with Crippen molar-refractivity contribution in [2.45, 2.75) is 13.8 Å². The van der Waals surface area contributed by atoms with E-state index in [2.05, 4.69) is 0 Å². The molecule has 0 saturated heterocycles. The first-order valence-corrected chi connectivity index (χ1v) is 6.64. The first-order valence-electron chi connectivity index (χ1n) is 6.26. The molecule has 1 N–H and O–H groups in total. The normalized spacial score (nSPS) is 11.4. The quantitative estimate of drug-likeness (QED) is 0.662. The van der Waals surface area contributed by atoms with Crippen LogP contribution < -0.4 is 0 Å². The van der Waals surface area contributed by atoms with Crippen molar-refractivity contribution < 1.29 is 9.90 Å². The molecule has 3 heteroatoms. The van der Waals surface area contributed by atoms with Crippen LogP contribution in [0, 0.1) is 13.8 Å². The largest absolute Gasteiger partial charge is 0.478 e. The number of aryl methyl sites for hydroxylation is 2. The summed E-state index contributed by atoms with van der Waals surface area (Å²) in [5.74, 6) is -0.961. The van der Waals surface area contributed by atoms with Gasteiger partial charge in [-0.2, -0.15) is 0 Å². The van der Waals surface area contributed by atoms with Gasteiger partial charge in [0.2, 0.25) is 0 Å². The second-order valence-corrected chi connectivity index (χ2v) is 5.11. The van der Waals surface area contributed by atoms with Gasteiger partial charge >= 0.3 is 5.97 Å². The molecule has 2 aromatic carbocycles. The fraction of sp³-hybridized carbons (Fsp3) is 0.118. The van der Waals surface area contributed by atoms with Crippen LogP contribution in [-0.2, 0) is 4.79 Å². The van der Waals surface area contributed by atoms with Crippen molar-refractivity contribution in [3.63, 3.8) is 0 Å². The molecule has 0 spiro atoms. The molecule has 20 heavy (non-hydrogen) atoms. The Balaban J connectivity index is 2.58. The van der Waals surface area contributed by atoms with Crippen molar-refractivity contribution in [3.05, 3.63) is 69.7 Å². The van der Waals surface area contributed by atoms with Crippen LogP contribution in [0.1, 0.15) is 22.3 Å². The molecule has 0 heterocycles. The number of benzene rings is 2. The Morgan fingerprint density at radius 1 is 1.15 bits per heavy atom. The number of hydrogen-bond acceptors (Lipinski definition) is 1. The molecule has 0 aliphatic rings. The van der Waals surface area contributed by atoms with Gasteiger partial charge in [0.1, 0.15) is 0 Å². The third kappa shape index (κ3) is 3.09. The van der Waals surface area contributed by atoms with Gasteiger partial charge in [-0.05, 0) is 42.7 Å². The first kappa shape index (κ1) is 14.4. The molecule has 0 aromatic heterocycles. The van der Waals surface area contributed by atoms with Crippen molar-refractivity contribution in [1.82, 2.24) is 0 Å². The van der Waals surface area contributed by atoms with E-state index in [1.165, 1.54) is 0 Å². The summed E-state index contributed by atoms with van der Waals surface area (Å²) in [4.78, 5) is 11.5. The van der Waals surface area contributed by atoms with Gasteiger partial charge in [-0.25, -0.2) is 4.79 Å². The first-order chi connectivity index (χ1) is 9.49. The predicted octanol–water partition coefficient (Wildman–Crippen LogP) is 4.58. The maximum atomic E-state index is 11.5. The maximum absolute atomic E-state index is 11.5. The standard InChI is InChI=1S/C17H15ClO2/c1-11-7-8-14(12(2)9-11)15(17(19)20)10-13-5-3-4-6-16(13)18/h3-10H,1-2H3,(H,19,20)/b15-10-. The summed E-state index contributed by atoms with van der Waals surface area (Å²) in [6.45, 7) is 3.89. The van der Waals surface area contributed by atoms with Crippen LogP contribution in [-0.4, -0.2) is 11.1 Å². The van der Waals surface area contributed by atoms with Crippen molar-refractivity contribution in [2.24, 2.45) is 0 Å². The van der Waals surface area contributed by atoms with Crippen LogP contribution in [0.15, 0.2) is 42.5 Å². The third-order valence-corrected chi connectivity index (χ3v) is 3.45. The zero-order chi connectivity index (χ0) is 14.7. The highest BCUT2D eigenvalue weighted by molar-refractivity contribution is 6.33. The Kier molecular flexibility index (Phi) is 4.26. The van der Waals surface area contributed by atoms with Crippen LogP contribution in [0.4, 0.5) is 0 Å². The molecule has 0 fully saturated rings. The zero-order valence-electron chi connectivity index (χ0n) is 11.4. The summed E-state index contributed by atoms with van der Waals surface area (Å²) in [5.41, 5.74) is 3.70. The minimum Gasteiger partial charge on any atom is -0.478 e. The molecule has 0 unspecified atom stereocenters. The van der Waals surface area contributed by atoms with E-state index >= 15 is 0 Å². The van der Waals surface area contributed by atoms with Gasteiger partial charge in [0.15, 0.2) is 0 Å². The maximum Gasteiger partial charge on any atom is 0.336 e. The topological polar surface area (TPSA) is 37.3 Å². The van der Waals surface area contributed by atoms with Gasteiger partial charge in [-0.15, -0.1) is 0 Å². The molecule has 0 aliphatic heterocycles. The van der Waals surface area contributed by atoms with Crippen LogP contribution in [0.5, 0.6) is 0 Å². The van der Waals surface area contributed by atoms with Gasteiger partial charge in [-0.1, -0.05) is 53.6 Å². The highest BCUT2D eigenvalue weighted by Crippen LogP contribution is 2.25. The number of carboxylic acid groups (broad SMARTS) is 1. The summed E-state index contributed by atoms with van der Waals surface area (Å²) < 4.78 is 0. The molecule has 0 amide bonds. The second kappa shape index (κ2) is 5.93. The summed E-state index contributed by atoms with van der Waals surface area (Å²) in [5, 5.41) is 10.00. The third-order valence-electron chi connectivity index (χ3n) is 3.11. The smallest absolute Gasteiger partial charge is 0.336 e. The number of aliphatic carboxylic acids is 1. The summed E-state index contributed by atoms with van der Waals surface area (Å²) in [6.07, 6.45) is 1.61. The predicted molar refractivity (Wildman–Crippen MR) is 82.9 cm³/mol. The van der Waals surface area contributed by atoms with Crippen molar-refractivity contribution >= 4 is 29.2 Å². The Morgan fingerprint density at radius 3 is 2.45 bits per heavy atom. The lowest BCUT2D eigenvalue weighted by molar-refractivity contribution is -0.130. The van der Waals surface area contributed by atoms with Crippen LogP contribution in [0.3, 0.4) is 0 Å². The SMILES string of the molecule is Cc1ccc(/C(=C/c2ccccc2Cl)C(=O)O)c(C)c1. The van der Waals surface area contributed by atoms with Gasteiger partial charge < -0.3 is 5.11 Å². The molecule has 0 atom stereocenters. The van der Waals surface area contributed by atoms with Gasteiger partial charge in [0.25, 0.3) is 0 Å².